The molecule has 0 N–H and O–H groups in total. The lowest BCUT2D eigenvalue weighted by atomic mass is 9.68. The summed E-state index contributed by atoms with van der Waals surface area (Å²) in [4.78, 5) is 26.5. The van der Waals surface area contributed by atoms with Crippen molar-refractivity contribution in [1.29, 1.82) is 0 Å². The van der Waals surface area contributed by atoms with Gasteiger partial charge in [0.25, 0.3) is 5.91 Å². The SMILES string of the molecule is CN(C)C(=O)c1ccc(S(=O)C2CCC3(CC2)CCN(C(=O)C(F)(F)F)CC3)cc1Cl. The molecule has 1 unspecified atom stereocenters. The van der Waals surface area contributed by atoms with Crippen LogP contribution in [0.5, 0.6) is 0 Å². The number of nitrogens with zero attached hydrogens (tertiary/aromatic N) is 2. The number of alkyl halides is 3. The Kier molecular flexibility index (Phi) is 7.05. The van der Waals surface area contributed by atoms with E-state index in [1.807, 2.05) is 0 Å². The Morgan fingerprint density at radius 3 is 2.19 bits per heavy atom. The lowest BCUT2D eigenvalue weighted by molar-refractivity contribution is -0.187. The van der Waals surface area contributed by atoms with Gasteiger partial charge in [-0.3, -0.25) is 13.8 Å². The van der Waals surface area contributed by atoms with Crippen LogP contribution in [0.3, 0.4) is 0 Å². The van der Waals surface area contributed by atoms with Crippen LogP contribution in [0.2, 0.25) is 5.02 Å². The lowest BCUT2D eigenvalue weighted by Gasteiger charge is -2.45. The van der Waals surface area contributed by atoms with E-state index in [1.54, 1.807) is 32.3 Å². The van der Waals surface area contributed by atoms with E-state index in [0.717, 1.165) is 17.7 Å². The molecule has 0 radical (unpaired) electrons. The quantitative estimate of drug-likeness (QED) is 0.652. The van der Waals surface area contributed by atoms with E-state index >= 15 is 0 Å². The highest BCUT2D eigenvalue weighted by atomic mass is 35.5. The van der Waals surface area contributed by atoms with Crippen LogP contribution in [0.1, 0.15) is 48.9 Å². The summed E-state index contributed by atoms with van der Waals surface area (Å²) in [6, 6.07) is 4.85. The summed E-state index contributed by atoms with van der Waals surface area (Å²) in [6.07, 6.45) is -0.772. The van der Waals surface area contributed by atoms with Crippen molar-refractivity contribution >= 4 is 34.2 Å². The van der Waals surface area contributed by atoms with E-state index in [4.69, 9.17) is 11.6 Å². The predicted molar refractivity (Wildman–Crippen MR) is 112 cm³/mol. The van der Waals surface area contributed by atoms with Crippen molar-refractivity contribution in [3.05, 3.63) is 28.8 Å². The van der Waals surface area contributed by atoms with Gasteiger partial charge in [-0.1, -0.05) is 11.6 Å². The Morgan fingerprint density at radius 1 is 1.13 bits per heavy atom. The molecule has 0 aromatic heterocycles. The molecular formula is C21H26ClF3N2O3S. The van der Waals surface area contributed by atoms with Crippen molar-refractivity contribution in [3.63, 3.8) is 0 Å². The number of hydrogen-bond donors (Lipinski definition) is 0. The molecule has 1 saturated carbocycles. The molecule has 0 bridgehead atoms. The van der Waals surface area contributed by atoms with Crippen LogP contribution in [0.15, 0.2) is 23.1 Å². The summed E-state index contributed by atoms with van der Waals surface area (Å²) in [7, 11) is 1.98. The molecule has 3 rings (SSSR count). The second-order valence-electron chi connectivity index (χ2n) is 8.63. The van der Waals surface area contributed by atoms with Crippen LogP contribution in [-0.4, -0.2) is 64.4 Å². The summed E-state index contributed by atoms with van der Waals surface area (Å²) in [5.74, 6) is -1.98. The Hall–Kier alpha value is -1.61. The molecule has 1 aliphatic carbocycles. The first-order valence-corrected chi connectivity index (χ1v) is 11.8. The molecule has 1 spiro atoms. The largest absolute Gasteiger partial charge is 0.471 e. The molecule has 1 heterocycles. The number of carbonyl (C=O) groups excluding carboxylic acids is 2. The number of carbonyl (C=O) groups is 2. The van der Waals surface area contributed by atoms with Crippen LogP contribution in [0, 0.1) is 5.41 Å². The van der Waals surface area contributed by atoms with Gasteiger partial charge in [0, 0.05) is 37.3 Å². The van der Waals surface area contributed by atoms with Crippen molar-refractivity contribution < 1.29 is 27.0 Å². The zero-order valence-corrected chi connectivity index (χ0v) is 19.1. The van der Waals surface area contributed by atoms with Crippen molar-refractivity contribution in [2.45, 2.75) is 54.8 Å². The fourth-order valence-electron chi connectivity index (χ4n) is 4.51. The van der Waals surface area contributed by atoms with E-state index in [1.165, 1.54) is 4.90 Å². The maximum absolute atomic E-state index is 13.1. The fourth-order valence-corrected chi connectivity index (χ4v) is 6.32. The number of piperidine rings is 1. The van der Waals surface area contributed by atoms with Crippen LogP contribution >= 0.6 is 11.6 Å². The molecule has 31 heavy (non-hydrogen) atoms. The topological polar surface area (TPSA) is 57.7 Å². The minimum absolute atomic E-state index is 0.0630. The first-order valence-electron chi connectivity index (χ1n) is 10.2. The molecule has 172 valence electrons. The Bertz CT molecular complexity index is 873. The molecule has 1 atom stereocenters. The van der Waals surface area contributed by atoms with Crippen LogP contribution in [0.25, 0.3) is 0 Å². The minimum Gasteiger partial charge on any atom is -0.345 e. The van der Waals surface area contributed by atoms with E-state index in [2.05, 4.69) is 0 Å². The van der Waals surface area contributed by atoms with Gasteiger partial charge in [0.05, 0.1) is 21.4 Å². The molecule has 1 aromatic rings. The highest BCUT2D eigenvalue weighted by molar-refractivity contribution is 7.85. The van der Waals surface area contributed by atoms with Gasteiger partial charge in [0.15, 0.2) is 0 Å². The maximum atomic E-state index is 13.1. The molecule has 2 amide bonds. The Morgan fingerprint density at radius 2 is 1.71 bits per heavy atom. The number of rotatable bonds is 3. The van der Waals surface area contributed by atoms with E-state index in [9.17, 15) is 27.0 Å². The van der Waals surface area contributed by atoms with Crippen LogP contribution < -0.4 is 0 Å². The second-order valence-corrected chi connectivity index (χ2v) is 10.8. The van der Waals surface area contributed by atoms with Gasteiger partial charge in [-0.2, -0.15) is 13.2 Å². The number of amides is 2. The molecule has 2 fully saturated rings. The molecule has 10 heteroatoms. The predicted octanol–water partition coefficient (Wildman–Crippen LogP) is 4.26. The second kappa shape index (κ2) is 9.10. The van der Waals surface area contributed by atoms with Gasteiger partial charge in [0.2, 0.25) is 0 Å². The number of benzene rings is 1. The van der Waals surface area contributed by atoms with E-state index in [0.29, 0.717) is 36.1 Å². The Balaban J connectivity index is 1.59. The highest BCUT2D eigenvalue weighted by Crippen LogP contribution is 2.46. The Labute approximate surface area is 187 Å². The molecular weight excluding hydrogens is 453 g/mol. The third-order valence-electron chi connectivity index (χ3n) is 6.46. The summed E-state index contributed by atoms with van der Waals surface area (Å²) in [6.45, 7) is 0.228. The molecule has 1 aromatic carbocycles. The van der Waals surface area contributed by atoms with Gasteiger partial charge < -0.3 is 9.80 Å². The van der Waals surface area contributed by atoms with Gasteiger partial charge in [-0.15, -0.1) is 0 Å². The lowest BCUT2D eigenvalue weighted by Crippen LogP contribution is -2.49. The minimum atomic E-state index is -4.83. The van der Waals surface area contributed by atoms with E-state index in [-0.39, 0.29) is 34.7 Å². The average molecular weight is 479 g/mol. The van der Waals surface area contributed by atoms with Crippen LogP contribution in [0.4, 0.5) is 13.2 Å². The smallest absolute Gasteiger partial charge is 0.345 e. The molecule has 1 aliphatic heterocycles. The normalized spacial score (nSPS) is 20.5. The fraction of sp³-hybridized carbons (Fsp3) is 0.619. The average Bonchev–Trinajstić information content (AvgIpc) is 2.72. The summed E-state index contributed by atoms with van der Waals surface area (Å²) < 4.78 is 51.0. The molecule has 1 saturated heterocycles. The number of likely N-dealkylation sites (tertiary alicyclic amines) is 1. The summed E-state index contributed by atoms with van der Waals surface area (Å²) >= 11 is 6.24. The van der Waals surface area contributed by atoms with Crippen molar-refractivity contribution in [2.75, 3.05) is 27.2 Å². The van der Waals surface area contributed by atoms with Gasteiger partial charge in [-0.05, 0) is 62.1 Å². The van der Waals surface area contributed by atoms with Gasteiger partial charge in [0.1, 0.15) is 0 Å². The zero-order chi connectivity index (χ0) is 23.0. The van der Waals surface area contributed by atoms with Crippen molar-refractivity contribution in [3.8, 4) is 0 Å². The maximum Gasteiger partial charge on any atom is 0.471 e. The molecule has 5 nitrogen and oxygen atoms in total. The first kappa shape index (κ1) is 24.0. The first-order chi connectivity index (χ1) is 14.4. The van der Waals surface area contributed by atoms with Crippen molar-refractivity contribution in [1.82, 2.24) is 9.80 Å². The number of halogens is 4. The number of hydrogen-bond acceptors (Lipinski definition) is 3. The summed E-state index contributed by atoms with van der Waals surface area (Å²) in [5.41, 5.74) is 0.276. The third-order valence-corrected chi connectivity index (χ3v) is 8.57. The van der Waals surface area contributed by atoms with Crippen molar-refractivity contribution in [2.24, 2.45) is 5.41 Å². The summed E-state index contributed by atoms with van der Waals surface area (Å²) in [5, 5.41) is 0.200. The van der Waals surface area contributed by atoms with Crippen LogP contribution in [-0.2, 0) is 15.6 Å². The monoisotopic (exact) mass is 478 g/mol. The molecule has 2 aliphatic rings. The third kappa shape index (κ3) is 5.25. The highest BCUT2D eigenvalue weighted by Gasteiger charge is 2.46. The van der Waals surface area contributed by atoms with E-state index < -0.39 is 22.9 Å². The standard InChI is InChI=1S/C21H26ClF3N2O3S/c1-26(2)18(28)16-4-3-15(13-17(16)22)31(30)14-5-7-20(8-6-14)9-11-27(12-10-20)19(29)21(23,24)25/h3-4,13-14H,5-12H2,1-2H3. The zero-order valence-electron chi connectivity index (χ0n) is 17.5. The van der Waals surface area contributed by atoms with Gasteiger partial charge >= 0.3 is 12.1 Å². The van der Waals surface area contributed by atoms with Gasteiger partial charge in [-0.25, -0.2) is 0 Å².